The molecule has 0 spiro atoms. The Morgan fingerprint density at radius 2 is 1.81 bits per heavy atom. The van der Waals surface area contributed by atoms with Gasteiger partial charge in [-0.2, -0.15) is 17.6 Å². The van der Waals surface area contributed by atoms with Crippen LogP contribution >= 0.6 is 0 Å². The lowest BCUT2D eigenvalue weighted by Crippen LogP contribution is -2.08. The molecular weight excluding hydrogens is 296 g/mol. The lowest BCUT2D eigenvalue weighted by atomic mass is 10.2. The summed E-state index contributed by atoms with van der Waals surface area (Å²) in [5, 5.41) is 2.84. The SMILES string of the molecule is FC(F)Oc1ccc(NCc2cnco2)cc1OC(F)F. The van der Waals surface area contributed by atoms with Crippen LogP contribution in [-0.4, -0.2) is 18.2 Å². The highest BCUT2D eigenvalue weighted by atomic mass is 19.3. The standard InChI is InChI=1S/C12H10F4N2O3/c13-11(14)20-9-2-1-7(3-10(9)21-12(15)16)18-5-8-4-17-6-19-8/h1-4,6,11-12,18H,5H2. The molecule has 114 valence electrons. The van der Waals surface area contributed by atoms with Crippen LogP contribution < -0.4 is 14.8 Å². The Kier molecular flexibility index (Phi) is 4.85. The molecule has 0 aliphatic carbocycles. The number of nitrogens with one attached hydrogen (secondary N) is 1. The molecule has 0 aliphatic heterocycles. The summed E-state index contributed by atoms with van der Waals surface area (Å²) in [7, 11) is 0. The zero-order valence-corrected chi connectivity index (χ0v) is 10.4. The Labute approximate surface area is 116 Å². The molecule has 21 heavy (non-hydrogen) atoms. The molecule has 2 rings (SSSR count). The molecule has 0 bridgehead atoms. The molecule has 1 heterocycles. The van der Waals surface area contributed by atoms with Gasteiger partial charge in [-0.25, -0.2) is 4.98 Å². The van der Waals surface area contributed by atoms with E-state index in [1.807, 2.05) is 0 Å². The van der Waals surface area contributed by atoms with Crippen molar-refractivity contribution in [3.63, 3.8) is 0 Å². The number of hydrogen-bond donors (Lipinski definition) is 1. The van der Waals surface area contributed by atoms with E-state index in [9.17, 15) is 17.6 Å². The minimum atomic E-state index is -3.16. The van der Waals surface area contributed by atoms with E-state index in [1.165, 1.54) is 18.7 Å². The molecule has 0 atom stereocenters. The molecule has 0 saturated carbocycles. The molecule has 5 nitrogen and oxygen atoms in total. The van der Waals surface area contributed by atoms with Gasteiger partial charge in [-0.3, -0.25) is 0 Å². The lowest BCUT2D eigenvalue weighted by Gasteiger charge is -2.13. The average Bonchev–Trinajstić information content (AvgIpc) is 2.91. The van der Waals surface area contributed by atoms with Crippen LogP contribution in [0.5, 0.6) is 11.5 Å². The third kappa shape index (κ3) is 4.55. The van der Waals surface area contributed by atoms with Crippen molar-refractivity contribution in [3.8, 4) is 11.5 Å². The first kappa shape index (κ1) is 14.9. The largest absolute Gasteiger partial charge is 0.447 e. The highest BCUT2D eigenvalue weighted by Gasteiger charge is 2.15. The van der Waals surface area contributed by atoms with Gasteiger partial charge in [0.05, 0.1) is 12.7 Å². The summed E-state index contributed by atoms with van der Waals surface area (Å²) < 4.78 is 62.1. The molecule has 0 fully saturated rings. The van der Waals surface area contributed by atoms with E-state index >= 15 is 0 Å². The Balaban J connectivity index is 2.11. The van der Waals surface area contributed by atoms with Crippen LogP contribution in [0.15, 0.2) is 35.2 Å². The fourth-order valence-electron chi connectivity index (χ4n) is 1.52. The second-order valence-electron chi connectivity index (χ2n) is 3.74. The van der Waals surface area contributed by atoms with E-state index in [0.717, 1.165) is 12.1 Å². The third-order valence-electron chi connectivity index (χ3n) is 2.33. The molecule has 0 aliphatic rings. The molecule has 1 aromatic heterocycles. The van der Waals surface area contributed by atoms with Gasteiger partial charge in [-0.05, 0) is 12.1 Å². The number of benzene rings is 1. The topological polar surface area (TPSA) is 56.5 Å². The quantitative estimate of drug-likeness (QED) is 0.794. The smallest absolute Gasteiger partial charge is 0.387 e. The molecule has 0 saturated heterocycles. The van der Waals surface area contributed by atoms with E-state index in [0.29, 0.717) is 11.4 Å². The fourth-order valence-corrected chi connectivity index (χ4v) is 1.52. The Morgan fingerprint density at radius 3 is 2.43 bits per heavy atom. The van der Waals surface area contributed by atoms with Gasteiger partial charge in [0, 0.05) is 11.8 Å². The summed E-state index contributed by atoms with van der Waals surface area (Å²) in [4.78, 5) is 3.70. The van der Waals surface area contributed by atoms with E-state index in [2.05, 4.69) is 19.8 Å². The van der Waals surface area contributed by atoms with Crippen LogP contribution in [0.1, 0.15) is 5.76 Å². The van der Waals surface area contributed by atoms with Gasteiger partial charge in [-0.15, -0.1) is 0 Å². The van der Waals surface area contributed by atoms with Gasteiger partial charge in [0.2, 0.25) is 0 Å². The van der Waals surface area contributed by atoms with Crippen molar-refractivity contribution in [3.05, 3.63) is 36.5 Å². The molecule has 1 aromatic carbocycles. The maximum absolute atomic E-state index is 12.3. The second kappa shape index (κ2) is 6.82. The number of nitrogens with zero attached hydrogens (tertiary/aromatic N) is 1. The number of oxazole rings is 1. The van der Waals surface area contributed by atoms with Crippen molar-refractivity contribution in [1.82, 2.24) is 4.98 Å². The first-order chi connectivity index (χ1) is 10.0. The van der Waals surface area contributed by atoms with Gasteiger partial charge in [0.15, 0.2) is 17.9 Å². The Hall–Kier alpha value is -2.45. The molecule has 0 amide bonds. The summed E-state index contributed by atoms with van der Waals surface area (Å²) in [6.07, 6.45) is 2.71. The fraction of sp³-hybridized carbons (Fsp3) is 0.250. The summed E-state index contributed by atoms with van der Waals surface area (Å²) in [5.74, 6) is -0.456. The first-order valence-electron chi connectivity index (χ1n) is 5.69. The maximum atomic E-state index is 12.3. The van der Waals surface area contributed by atoms with Crippen molar-refractivity contribution in [2.24, 2.45) is 0 Å². The number of halogens is 4. The monoisotopic (exact) mass is 306 g/mol. The van der Waals surface area contributed by atoms with Gasteiger partial charge in [-0.1, -0.05) is 0 Å². The van der Waals surface area contributed by atoms with Crippen molar-refractivity contribution >= 4 is 5.69 Å². The molecule has 9 heteroatoms. The summed E-state index contributed by atoms with van der Waals surface area (Å²) >= 11 is 0. The van der Waals surface area contributed by atoms with Crippen molar-refractivity contribution in [2.75, 3.05) is 5.32 Å². The molecule has 0 radical (unpaired) electrons. The minimum Gasteiger partial charge on any atom is -0.447 e. The molecule has 2 aromatic rings. The van der Waals surface area contributed by atoms with Crippen LogP contribution in [0.25, 0.3) is 0 Å². The third-order valence-corrected chi connectivity index (χ3v) is 2.33. The Morgan fingerprint density at radius 1 is 1.10 bits per heavy atom. The van der Waals surface area contributed by atoms with Crippen LogP contribution in [0, 0.1) is 0 Å². The van der Waals surface area contributed by atoms with Gasteiger partial charge >= 0.3 is 13.2 Å². The Bertz CT molecular complexity index is 564. The van der Waals surface area contributed by atoms with E-state index in [4.69, 9.17) is 4.42 Å². The van der Waals surface area contributed by atoms with E-state index in [-0.39, 0.29) is 6.54 Å². The van der Waals surface area contributed by atoms with E-state index < -0.39 is 24.7 Å². The van der Waals surface area contributed by atoms with Crippen molar-refractivity contribution < 1.29 is 31.5 Å². The minimum absolute atomic E-state index is 0.239. The zero-order chi connectivity index (χ0) is 15.2. The predicted molar refractivity (Wildman–Crippen MR) is 63.5 cm³/mol. The predicted octanol–water partition coefficient (Wildman–Crippen LogP) is 3.49. The van der Waals surface area contributed by atoms with Crippen molar-refractivity contribution in [2.45, 2.75) is 19.8 Å². The van der Waals surface area contributed by atoms with Gasteiger partial charge < -0.3 is 19.2 Å². The molecule has 1 N–H and O–H groups in total. The number of rotatable bonds is 7. The summed E-state index contributed by atoms with van der Waals surface area (Å²) in [6.45, 7) is -6.06. The summed E-state index contributed by atoms with van der Waals surface area (Å²) in [6, 6.07) is 3.61. The zero-order valence-electron chi connectivity index (χ0n) is 10.4. The molecular formula is C12H10F4N2O3. The number of alkyl halides is 4. The number of ether oxygens (including phenoxy) is 2. The van der Waals surface area contributed by atoms with Crippen LogP contribution in [0.4, 0.5) is 23.2 Å². The van der Waals surface area contributed by atoms with Crippen LogP contribution in [-0.2, 0) is 6.54 Å². The first-order valence-corrected chi connectivity index (χ1v) is 5.69. The lowest BCUT2D eigenvalue weighted by molar-refractivity contribution is -0.0691. The number of anilines is 1. The number of aromatic nitrogens is 1. The van der Waals surface area contributed by atoms with Crippen molar-refractivity contribution in [1.29, 1.82) is 0 Å². The van der Waals surface area contributed by atoms with Crippen LogP contribution in [0.3, 0.4) is 0 Å². The average molecular weight is 306 g/mol. The summed E-state index contributed by atoms with van der Waals surface area (Å²) in [5.41, 5.74) is 0.365. The normalized spacial score (nSPS) is 11.0. The number of hydrogen-bond acceptors (Lipinski definition) is 5. The highest BCUT2D eigenvalue weighted by Crippen LogP contribution is 2.33. The highest BCUT2D eigenvalue weighted by molar-refractivity contribution is 5.54. The van der Waals surface area contributed by atoms with E-state index in [1.54, 1.807) is 0 Å². The molecule has 0 unspecified atom stereocenters. The second-order valence-corrected chi connectivity index (χ2v) is 3.74. The van der Waals surface area contributed by atoms with Gasteiger partial charge in [0.25, 0.3) is 0 Å². The van der Waals surface area contributed by atoms with Crippen LogP contribution in [0.2, 0.25) is 0 Å². The maximum Gasteiger partial charge on any atom is 0.387 e. The van der Waals surface area contributed by atoms with Gasteiger partial charge in [0.1, 0.15) is 5.76 Å².